The summed E-state index contributed by atoms with van der Waals surface area (Å²) in [5.41, 5.74) is 6.05. The molecule has 0 amide bonds. The maximum absolute atomic E-state index is 12.8. The minimum absolute atomic E-state index is 0.00709. The van der Waals surface area contributed by atoms with Crippen LogP contribution in [-0.2, 0) is 0 Å². The SMILES string of the molecule is CC(CO)C(C)Nc1ccc(N)cc1C(F)F. The number of nitrogens with one attached hydrogen (secondary N) is 1. The Balaban J connectivity index is 2.90. The van der Waals surface area contributed by atoms with Crippen molar-refractivity contribution in [2.75, 3.05) is 17.7 Å². The number of nitrogen functional groups attached to an aromatic ring is 1. The van der Waals surface area contributed by atoms with Crippen LogP contribution in [0.5, 0.6) is 0 Å². The van der Waals surface area contributed by atoms with Crippen LogP contribution in [0.3, 0.4) is 0 Å². The zero-order chi connectivity index (χ0) is 13.0. The Morgan fingerprint density at radius 3 is 2.53 bits per heavy atom. The molecule has 0 spiro atoms. The molecular formula is C12H18F2N2O. The van der Waals surface area contributed by atoms with E-state index >= 15 is 0 Å². The number of aliphatic hydroxyl groups is 1. The fourth-order valence-corrected chi connectivity index (χ4v) is 1.44. The Kier molecular flexibility index (Phi) is 4.69. The number of halogens is 2. The van der Waals surface area contributed by atoms with Gasteiger partial charge in [-0.25, -0.2) is 8.78 Å². The molecule has 0 bridgehead atoms. The van der Waals surface area contributed by atoms with Crippen molar-refractivity contribution in [1.82, 2.24) is 0 Å². The number of aliphatic hydroxyl groups excluding tert-OH is 1. The molecule has 0 aliphatic heterocycles. The van der Waals surface area contributed by atoms with Crippen molar-refractivity contribution in [3.8, 4) is 0 Å². The predicted molar refractivity (Wildman–Crippen MR) is 65.1 cm³/mol. The molecule has 0 aliphatic rings. The Hall–Kier alpha value is -1.36. The van der Waals surface area contributed by atoms with E-state index in [0.29, 0.717) is 11.4 Å². The molecule has 17 heavy (non-hydrogen) atoms. The highest BCUT2D eigenvalue weighted by Crippen LogP contribution is 2.29. The highest BCUT2D eigenvalue weighted by atomic mass is 19.3. The zero-order valence-corrected chi connectivity index (χ0v) is 9.95. The van der Waals surface area contributed by atoms with Crippen LogP contribution in [0.4, 0.5) is 20.2 Å². The Morgan fingerprint density at radius 1 is 1.35 bits per heavy atom. The molecule has 0 fully saturated rings. The monoisotopic (exact) mass is 244 g/mol. The lowest BCUT2D eigenvalue weighted by Crippen LogP contribution is -2.26. The maximum Gasteiger partial charge on any atom is 0.265 e. The third kappa shape index (κ3) is 3.56. The summed E-state index contributed by atoms with van der Waals surface area (Å²) in [6.07, 6.45) is -2.57. The molecule has 0 aliphatic carbocycles. The van der Waals surface area contributed by atoms with Crippen LogP contribution in [0.1, 0.15) is 25.8 Å². The van der Waals surface area contributed by atoms with Gasteiger partial charge in [0.1, 0.15) is 0 Å². The molecule has 4 N–H and O–H groups in total. The van der Waals surface area contributed by atoms with Gasteiger partial charge in [0.05, 0.1) is 0 Å². The van der Waals surface area contributed by atoms with E-state index in [1.165, 1.54) is 12.1 Å². The van der Waals surface area contributed by atoms with Gasteiger partial charge in [-0.15, -0.1) is 0 Å². The van der Waals surface area contributed by atoms with E-state index in [4.69, 9.17) is 10.8 Å². The molecule has 3 nitrogen and oxygen atoms in total. The van der Waals surface area contributed by atoms with Gasteiger partial charge in [0, 0.05) is 29.6 Å². The molecule has 5 heteroatoms. The summed E-state index contributed by atoms with van der Waals surface area (Å²) in [4.78, 5) is 0. The Morgan fingerprint density at radius 2 is 2.00 bits per heavy atom. The first kappa shape index (κ1) is 13.7. The summed E-state index contributed by atoms with van der Waals surface area (Å²) in [5, 5.41) is 12.0. The van der Waals surface area contributed by atoms with E-state index < -0.39 is 6.43 Å². The van der Waals surface area contributed by atoms with Crippen molar-refractivity contribution in [2.24, 2.45) is 5.92 Å². The lowest BCUT2D eigenvalue weighted by atomic mass is 10.0. The Labute approximate surface area is 99.6 Å². The standard InChI is InChI=1S/C12H18F2N2O/c1-7(6-17)8(2)16-11-4-3-9(15)5-10(11)12(13)14/h3-5,7-8,12,16-17H,6,15H2,1-2H3. The van der Waals surface area contributed by atoms with E-state index in [1.807, 2.05) is 13.8 Å². The van der Waals surface area contributed by atoms with Crippen LogP contribution in [-0.4, -0.2) is 17.8 Å². The molecule has 2 unspecified atom stereocenters. The van der Waals surface area contributed by atoms with Gasteiger partial charge in [-0.05, 0) is 31.0 Å². The zero-order valence-electron chi connectivity index (χ0n) is 9.95. The third-order valence-corrected chi connectivity index (χ3v) is 2.84. The first-order valence-electron chi connectivity index (χ1n) is 5.50. The normalized spacial score (nSPS) is 14.7. The van der Waals surface area contributed by atoms with Crippen molar-refractivity contribution in [2.45, 2.75) is 26.3 Å². The molecule has 1 aromatic carbocycles. The number of nitrogens with two attached hydrogens (primary N) is 1. The summed E-state index contributed by atoms with van der Waals surface area (Å²) < 4.78 is 25.6. The topological polar surface area (TPSA) is 58.3 Å². The molecule has 96 valence electrons. The molecule has 1 rings (SSSR count). The number of benzene rings is 1. The highest BCUT2D eigenvalue weighted by molar-refractivity contribution is 5.59. The van der Waals surface area contributed by atoms with Gasteiger partial charge in [-0.3, -0.25) is 0 Å². The number of alkyl halides is 2. The summed E-state index contributed by atoms with van der Waals surface area (Å²) in [7, 11) is 0. The van der Waals surface area contributed by atoms with E-state index in [0.717, 1.165) is 0 Å². The van der Waals surface area contributed by atoms with Crippen LogP contribution in [0.15, 0.2) is 18.2 Å². The fraction of sp³-hybridized carbons (Fsp3) is 0.500. The molecular weight excluding hydrogens is 226 g/mol. The van der Waals surface area contributed by atoms with Crippen LogP contribution in [0.2, 0.25) is 0 Å². The molecule has 0 aromatic heterocycles. The second kappa shape index (κ2) is 5.82. The third-order valence-electron chi connectivity index (χ3n) is 2.84. The number of anilines is 2. The summed E-state index contributed by atoms with van der Waals surface area (Å²) in [6, 6.07) is 4.28. The quantitative estimate of drug-likeness (QED) is 0.698. The average Bonchev–Trinajstić information content (AvgIpc) is 2.29. The molecule has 2 atom stereocenters. The van der Waals surface area contributed by atoms with Gasteiger partial charge in [-0.2, -0.15) is 0 Å². The second-order valence-corrected chi connectivity index (χ2v) is 4.24. The van der Waals surface area contributed by atoms with Crippen LogP contribution < -0.4 is 11.1 Å². The van der Waals surface area contributed by atoms with Crippen molar-refractivity contribution >= 4 is 11.4 Å². The largest absolute Gasteiger partial charge is 0.399 e. The smallest absolute Gasteiger partial charge is 0.265 e. The predicted octanol–water partition coefficient (Wildman–Crippen LogP) is 2.64. The van der Waals surface area contributed by atoms with Crippen molar-refractivity contribution < 1.29 is 13.9 Å². The maximum atomic E-state index is 12.8. The summed E-state index contributed by atoms with van der Waals surface area (Å²) in [6.45, 7) is 3.69. The second-order valence-electron chi connectivity index (χ2n) is 4.24. The molecule has 1 aromatic rings. The van der Waals surface area contributed by atoms with Crippen LogP contribution in [0.25, 0.3) is 0 Å². The lowest BCUT2D eigenvalue weighted by molar-refractivity contribution is 0.152. The Bertz CT molecular complexity index is 372. The molecule has 0 heterocycles. The lowest BCUT2D eigenvalue weighted by Gasteiger charge is -2.22. The van der Waals surface area contributed by atoms with E-state index in [2.05, 4.69) is 5.32 Å². The van der Waals surface area contributed by atoms with Gasteiger partial charge in [-0.1, -0.05) is 6.92 Å². The first-order valence-corrected chi connectivity index (χ1v) is 5.50. The highest BCUT2D eigenvalue weighted by Gasteiger charge is 2.17. The number of hydrogen-bond acceptors (Lipinski definition) is 3. The van der Waals surface area contributed by atoms with Gasteiger partial charge in [0.2, 0.25) is 0 Å². The van der Waals surface area contributed by atoms with E-state index in [9.17, 15) is 8.78 Å². The molecule has 0 saturated carbocycles. The molecule has 0 saturated heterocycles. The minimum Gasteiger partial charge on any atom is -0.399 e. The van der Waals surface area contributed by atoms with Crippen LogP contribution >= 0.6 is 0 Å². The number of rotatable bonds is 5. The van der Waals surface area contributed by atoms with Gasteiger partial charge >= 0.3 is 0 Å². The van der Waals surface area contributed by atoms with Gasteiger partial charge in [0.25, 0.3) is 6.43 Å². The van der Waals surface area contributed by atoms with Gasteiger partial charge < -0.3 is 16.2 Å². The average molecular weight is 244 g/mol. The first-order chi connectivity index (χ1) is 7.95. The molecule has 0 radical (unpaired) electrons. The summed E-state index contributed by atoms with van der Waals surface area (Å²) in [5.74, 6) is -0.0157. The van der Waals surface area contributed by atoms with Crippen molar-refractivity contribution in [3.63, 3.8) is 0 Å². The van der Waals surface area contributed by atoms with Crippen molar-refractivity contribution in [1.29, 1.82) is 0 Å². The minimum atomic E-state index is -2.57. The van der Waals surface area contributed by atoms with Gasteiger partial charge in [0.15, 0.2) is 0 Å². The van der Waals surface area contributed by atoms with E-state index in [1.54, 1.807) is 6.07 Å². The number of hydrogen-bond donors (Lipinski definition) is 3. The van der Waals surface area contributed by atoms with Crippen molar-refractivity contribution in [3.05, 3.63) is 23.8 Å². The fourth-order valence-electron chi connectivity index (χ4n) is 1.44. The van der Waals surface area contributed by atoms with Crippen LogP contribution in [0, 0.1) is 5.92 Å². The van der Waals surface area contributed by atoms with E-state index in [-0.39, 0.29) is 24.1 Å². The summed E-state index contributed by atoms with van der Waals surface area (Å²) >= 11 is 0.